The highest BCUT2D eigenvalue weighted by atomic mass is 32.2. The fourth-order valence-corrected chi connectivity index (χ4v) is 4.09. The van der Waals surface area contributed by atoms with Crippen LogP contribution in [0.15, 0.2) is 24.3 Å². The summed E-state index contributed by atoms with van der Waals surface area (Å²) in [6.45, 7) is 1.74. The highest BCUT2D eigenvalue weighted by molar-refractivity contribution is 7.89. The molecule has 0 atom stereocenters. The Bertz CT molecular complexity index is 567. The van der Waals surface area contributed by atoms with Crippen molar-refractivity contribution in [3.8, 4) is 0 Å². The molecule has 110 valence electrons. The van der Waals surface area contributed by atoms with Gasteiger partial charge in [-0.25, -0.2) is 8.42 Å². The zero-order valence-corrected chi connectivity index (χ0v) is 12.5. The van der Waals surface area contributed by atoms with Crippen molar-refractivity contribution < 1.29 is 8.42 Å². The Kier molecular flexibility index (Phi) is 4.10. The maximum Gasteiger partial charge on any atom is 0.215 e. The maximum atomic E-state index is 12.4. The molecule has 0 aromatic heterocycles. The number of nitrogens with zero attached hydrogens (tertiary/aromatic N) is 1. The number of sulfonamides is 1. The van der Waals surface area contributed by atoms with Crippen LogP contribution in [0.1, 0.15) is 30.4 Å². The van der Waals surface area contributed by atoms with Crippen molar-refractivity contribution in [1.82, 2.24) is 9.62 Å². The lowest BCUT2D eigenvalue weighted by Gasteiger charge is -2.20. The highest BCUT2D eigenvalue weighted by Gasteiger charge is 2.26. The van der Waals surface area contributed by atoms with Crippen LogP contribution in [0.5, 0.6) is 0 Å². The van der Waals surface area contributed by atoms with Crippen molar-refractivity contribution in [3.05, 3.63) is 35.4 Å². The first kappa shape index (κ1) is 14.0. The van der Waals surface area contributed by atoms with E-state index in [0.717, 1.165) is 18.4 Å². The molecule has 0 saturated heterocycles. The first-order valence-electron chi connectivity index (χ1n) is 7.43. The van der Waals surface area contributed by atoms with Gasteiger partial charge in [-0.1, -0.05) is 24.3 Å². The molecular formula is C15H22N2O2S. The van der Waals surface area contributed by atoms with E-state index in [1.165, 1.54) is 18.4 Å². The summed E-state index contributed by atoms with van der Waals surface area (Å²) in [5.74, 6) is 0.214. The number of hydrogen-bond donors (Lipinski definition) is 1. The van der Waals surface area contributed by atoms with Crippen LogP contribution >= 0.6 is 0 Å². The number of nitrogens with one attached hydrogen (secondary N) is 1. The Balaban J connectivity index is 1.66. The number of hydrogen-bond acceptors (Lipinski definition) is 3. The molecule has 1 fully saturated rings. The second-order valence-electron chi connectivity index (χ2n) is 5.75. The Labute approximate surface area is 121 Å². The van der Waals surface area contributed by atoms with Crippen molar-refractivity contribution in [1.29, 1.82) is 0 Å². The molecule has 0 radical (unpaired) electrons. The highest BCUT2D eigenvalue weighted by Crippen LogP contribution is 2.21. The topological polar surface area (TPSA) is 49.4 Å². The molecule has 0 amide bonds. The van der Waals surface area contributed by atoms with Crippen molar-refractivity contribution in [2.45, 2.75) is 38.3 Å². The van der Waals surface area contributed by atoms with Gasteiger partial charge in [0.15, 0.2) is 0 Å². The van der Waals surface area contributed by atoms with Crippen molar-refractivity contribution in [2.24, 2.45) is 0 Å². The fourth-order valence-electron chi connectivity index (χ4n) is 2.72. The van der Waals surface area contributed by atoms with Gasteiger partial charge in [0.25, 0.3) is 0 Å². The van der Waals surface area contributed by atoms with E-state index in [1.54, 1.807) is 4.31 Å². The first-order valence-corrected chi connectivity index (χ1v) is 9.04. The summed E-state index contributed by atoms with van der Waals surface area (Å²) >= 11 is 0. The predicted molar refractivity (Wildman–Crippen MR) is 80.0 cm³/mol. The molecule has 1 N–H and O–H groups in total. The third-order valence-electron chi connectivity index (χ3n) is 4.08. The van der Waals surface area contributed by atoms with E-state index >= 15 is 0 Å². The van der Waals surface area contributed by atoms with Gasteiger partial charge in [0.05, 0.1) is 5.75 Å². The predicted octanol–water partition coefficient (Wildman–Crippen LogP) is 1.52. The minimum atomic E-state index is -3.15. The lowest BCUT2D eigenvalue weighted by atomic mass is 10.0. The van der Waals surface area contributed by atoms with Crippen LogP contribution in [0.25, 0.3) is 0 Å². The Morgan fingerprint density at radius 1 is 1.20 bits per heavy atom. The summed E-state index contributed by atoms with van der Waals surface area (Å²) in [5.41, 5.74) is 2.45. The van der Waals surface area contributed by atoms with Crippen LogP contribution in [0.4, 0.5) is 0 Å². The number of aryl methyl sites for hydroxylation is 1. The second kappa shape index (κ2) is 5.84. The van der Waals surface area contributed by atoms with Crippen molar-refractivity contribution >= 4 is 10.0 Å². The molecule has 1 aliphatic heterocycles. The summed E-state index contributed by atoms with van der Waals surface area (Å²) in [6, 6.07) is 8.74. The van der Waals surface area contributed by atoms with E-state index in [4.69, 9.17) is 0 Å². The fraction of sp³-hybridized carbons (Fsp3) is 0.600. The summed E-state index contributed by atoms with van der Waals surface area (Å²) < 4.78 is 26.5. The quantitative estimate of drug-likeness (QED) is 0.895. The monoisotopic (exact) mass is 294 g/mol. The Morgan fingerprint density at radius 3 is 2.70 bits per heavy atom. The number of fused-ring (bicyclic) bond motifs is 1. The van der Waals surface area contributed by atoms with Crippen LogP contribution in [0.3, 0.4) is 0 Å². The van der Waals surface area contributed by atoms with E-state index in [9.17, 15) is 8.42 Å². The van der Waals surface area contributed by atoms with Gasteiger partial charge in [0, 0.05) is 25.7 Å². The summed E-state index contributed by atoms with van der Waals surface area (Å²) in [6.07, 6.45) is 4.27. The lowest BCUT2D eigenvalue weighted by molar-refractivity contribution is 0.409. The summed E-state index contributed by atoms with van der Waals surface area (Å²) in [4.78, 5) is 0. The second-order valence-corrected chi connectivity index (χ2v) is 7.84. The standard InChI is InChI=1S/C15H22N2O2S/c18-20(19,11-9-16-15-7-8-15)17-10-3-6-13-4-1-2-5-14(13)12-17/h1-2,4-5,15-16H,3,6-12H2. The molecule has 1 heterocycles. The first-order chi connectivity index (χ1) is 9.65. The molecule has 0 bridgehead atoms. The van der Waals surface area contributed by atoms with E-state index in [-0.39, 0.29) is 5.75 Å². The smallest absolute Gasteiger partial charge is 0.215 e. The third-order valence-corrected chi connectivity index (χ3v) is 5.90. The molecule has 20 heavy (non-hydrogen) atoms. The molecule has 0 spiro atoms. The van der Waals surface area contributed by atoms with E-state index in [1.807, 2.05) is 18.2 Å². The lowest BCUT2D eigenvalue weighted by Crippen LogP contribution is -2.36. The van der Waals surface area contributed by atoms with Gasteiger partial charge in [0.1, 0.15) is 0 Å². The molecule has 3 rings (SSSR count). The number of rotatable bonds is 5. The van der Waals surface area contributed by atoms with Gasteiger partial charge >= 0.3 is 0 Å². The van der Waals surface area contributed by atoms with Gasteiger partial charge in [-0.3, -0.25) is 0 Å². The maximum absolute atomic E-state index is 12.4. The normalized spacial score (nSPS) is 20.4. The van der Waals surface area contributed by atoms with Crippen LogP contribution in [0.2, 0.25) is 0 Å². The molecule has 1 aromatic rings. The molecule has 2 aliphatic rings. The van der Waals surface area contributed by atoms with Gasteiger partial charge < -0.3 is 5.32 Å². The Hall–Kier alpha value is -0.910. The van der Waals surface area contributed by atoms with Gasteiger partial charge in [0.2, 0.25) is 10.0 Å². The molecule has 1 aliphatic carbocycles. The van der Waals surface area contributed by atoms with E-state index in [0.29, 0.717) is 25.7 Å². The zero-order valence-electron chi connectivity index (χ0n) is 11.7. The molecule has 1 saturated carbocycles. The molecule has 5 heteroatoms. The van der Waals surface area contributed by atoms with Crippen LogP contribution in [-0.4, -0.2) is 37.6 Å². The third kappa shape index (κ3) is 3.40. The minimum Gasteiger partial charge on any atom is -0.313 e. The van der Waals surface area contributed by atoms with Crippen molar-refractivity contribution in [2.75, 3.05) is 18.8 Å². The molecular weight excluding hydrogens is 272 g/mol. The molecule has 0 unspecified atom stereocenters. The van der Waals surface area contributed by atoms with E-state index in [2.05, 4.69) is 11.4 Å². The van der Waals surface area contributed by atoms with Gasteiger partial charge in [-0.2, -0.15) is 4.31 Å². The SMILES string of the molecule is O=S(=O)(CCNC1CC1)N1CCCc2ccccc2C1. The zero-order chi connectivity index (χ0) is 14.0. The van der Waals surface area contributed by atoms with Gasteiger partial charge in [-0.15, -0.1) is 0 Å². The average molecular weight is 294 g/mol. The molecule has 1 aromatic carbocycles. The Morgan fingerprint density at radius 2 is 1.95 bits per heavy atom. The molecule has 4 nitrogen and oxygen atoms in total. The van der Waals surface area contributed by atoms with Crippen LogP contribution in [0, 0.1) is 0 Å². The van der Waals surface area contributed by atoms with Crippen LogP contribution in [-0.2, 0) is 23.0 Å². The van der Waals surface area contributed by atoms with E-state index < -0.39 is 10.0 Å². The average Bonchev–Trinajstić information content (AvgIpc) is 3.23. The summed E-state index contributed by atoms with van der Waals surface area (Å²) in [7, 11) is -3.15. The van der Waals surface area contributed by atoms with Crippen molar-refractivity contribution in [3.63, 3.8) is 0 Å². The number of benzene rings is 1. The summed E-state index contributed by atoms with van der Waals surface area (Å²) in [5, 5.41) is 3.28. The minimum absolute atomic E-state index is 0.214. The largest absolute Gasteiger partial charge is 0.313 e. The van der Waals surface area contributed by atoms with Gasteiger partial charge in [-0.05, 0) is 36.8 Å². The van der Waals surface area contributed by atoms with Crippen LogP contribution < -0.4 is 5.32 Å².